The summed E-state index contributed by atoms with van der Waals surface area (Å²) in [6, 6.07) is 0.463. The van der Waals surface area contributed by atoms with Crippen LogP contribution in [0.15, 0.2) is 4.99 Å². The highest BCUT2D eigenvalue weighted by atomic mass is 16.1. The quantitative estimate of drug-likeness (QED) is 0.688. The molecule has 1 atom stereocenters. The zero-order valence-electron chi connectivity index (χ0n) is 15.6. The van der Waals surface area contributed by atoms with Crippen molar-refractivity contribution in [2.75, 3.05) is 0 Å². The molecule has 2 heteroatoms. The normalized spacial score (nSPS) is 17.7. The van der Waals surface area contributed by atoms with Gasteiger partial charge >= 0.3 is 0 Å². The third-order valence-electron chi connectivity index (χ3n) is 5.82. The van der Waals surface area contributed by atoms with Gasteiger partial charge in [-0.3, -0.25) is 9.79 Å². The fourth-order valence-corrected chi connectivity index (χ4v) is 3.71. The molecule has 1 aliphatic rings. The van der Waals surface area contributed by atoms with Gasteiger partial charge in [0.1, 0.15) is 5.78 Å². The second-order valence-electron chi connectivity index (χ2n) is 7.23. The van der Waals surface area contributed by atoms with E-state index in [9.17, 15) is 4.79 Å². The highest BCUT2D eigenvalue weighted by molar-refractivity contribution is 5.91. The van der Waals surface area contributed by atoms with Crippen LogP contribution in [-0.2, 0) is 4.79 Å². The molecule has 0 aliphatic heterocycles. The Morgan fingerprint density at radius 1 is 1.00 bits per heavy atom. The Morgan fingerprint density at radius 2 is 1.57 bits per heavy atom. The molecule has 1 fully saturated rings. The third kappa shape index (κ3) is 3.73. The summed E-state index contributed by atoms with van der Waals surface area (Å²) >= 11 is 0. The van der Waals surface area contributed by atoms with Gasteiger partial charge in [-0.05, 0) is 80.8 Å². The first kappa shape index (κ1) is 17.9. The van der Waals surface area contributed by atoms with Crippen molar-refractivity contribution in [1.29, 1.82) is 0 Å². The van der Waals surface area contributed by atoms with Gasteiger partial charge in [0.2, 0.25) is 0 Å². The first-order chi connectivity index (χ1) is 10.8. The van der Waals surface area contributed by atoms with Crippen molar-refractivity contribution in [2.24, 2.45) is 4.99 Å². The highest BCUT2D eigenvalue weighted by Crippen LogP contribution is 2.32. The Hall–Kier alpha value is -1.44. The molecule has 0 aromatic heterocycles. The molecule has 1 aromatic rings. The van der Waals surface area contributed by atoms with E-state index >= 15 is 0 Å². The SMILES string of the molecule is CC(=O)C(C)c1c(C)c(C)c(C)c(C)c1C=NC1CCCCC1. The van der Waals surface area contributed by atoms with Gasteiger partial charge in [0, 0.05) is 18.2 Å². The lowest BCUT2D eigenvalue weighted by molar-refractivity contribution is -0.118. The van der Waals surface area contributed by atoms with Crippen LogP contribution < -0.4 is 0 Å². The number of hydrogen-bond acceptors (Lipinski definition) is 2. The lowest BCUT2D eigenvalue weighted by atomic mass is 9.82. The van der Waals surface area contributed by atoms with Gasteiger partial charge in [0.15, 0.2) is 0 Å². The van der Waals surface area contributed by atoms with E-state index < -0.39 is 0 Å². The van der Waals surface area contributed by atoms with E-state index in [0.29, 0.717) is 6.04 Å². The van der Waals surface area contributed by atoms with Crippen LogP contribution in [0.25, 0.3) is 0 Å². The number of rotatable bonds is 4. The van der Waals surface area contributed by atoms with Gasteiger partial charge in [-0.2, -0.15) is 0 Å². The van der Waals surface area contributed by atoms with Crippen LogP contribution >= 0.6 is 0 Å². The summed E-state index contributed by atoms with van der Waals surface area (Å²) in [7, 11) is 0. The predicted molar refractivity (Wildman–Crippen MR) is 99.0 cm³/mol. The van der Waals surface area contributed by atoms with Gasteiger partial charge in [0.05, 0.1) is 0 Å². The fourth-order valence-electron chi connectivity index (χ4n) is 3.71. The van der Waals surface area contributed by atoms with Crippen molar-refractivity contribution in [3.05, 3.63) is 33.4 Å². The molecule has 23 heavy (non-hydrogen) atoms. The molecule has 126 valence electrons. The van der Waals surface area contributed by atoms with Crippen molar-refractivity contribution in [2.45, 2.75) is 85.6 Å². The average molecular weight is 313 g/mol. The van der Waals surface area contributed by atoms with Crippen LogP contribution in [0, 0.1) is 27.7 Å². The molecule has 2 nitrogen and oxygen atoms in total. The molecule has 0 amide bonds. The van der Waals surface area contributed by atoms with E-state index in [1.54, 1.807) is 6.92 Å². The first-order valence-corrected chi connectivity index (χ1v) is 8.98. The van der Waals surface area contributed by atoms with Crippen LogP contribution in [0.3, 0.4) is 0 Å². The number of Topliss-reactive ketones (excluding diaryl/α,β-unsaturated/α-hetero) is 1. The summed E-state index contributed by atoms with van der Waals surface area (Å²) < 4.78 is 0. The molecule has 1 aliphatic carbocycles. The van der Waals surface area contributed by atoms with Crippen molar-refractivity contribution in [3.63, 3.8) is 0 Å². The highest BCUT2D eigenvalue weighted by Gasteiger charge is 2.21. The van der Waals surface area contributed by atoms with Crippen molar-refractivity contribution in [3.8, 4) is 0 Å². The monoisotopic (exact) mass is 313 g/mol. The third-order valence-corrected chi connectivity index (χ3v) is 5.82. The number of carbonyl (C=O) groups is 1. The molecule has 0 spiro atoms. The number of aliphatic imine (C=N–C) groups is 1. The lowest BCUT2D eigenvalue weighted by Crippen LogP contribution is -2.15. The number of benzene rings is 1. The second kappa shape index (κ2) is 7.42. The molecule has 2 rings (SSSR count). The molecule has 0 radical (unpaired) electrons. The number of carbonyl (C=O) groups excluding carboxylic acids is 1. The summed E-state index contributed by atoms with van der Waals surface area (Å²) in [6.07, 6.45) is 8.42. The molecule has 0 saturated heterocycles. The van der Waals surface area contributed by atoms with Crippen LogP contribution in [0.5, 0.6) is 0 Å². The molecular weight excluding hydrogens is 282 g/mol. The topological polar surface area (TPSA) is 29.4 Å². The van der Waals surface area contributed by atoms with Crippen molar-refractivity contribution >= 4 is 12.0 Å². The Bertz CT molecular complexity index is 621. The first-order valence-electron chi connectivity index (χ1n) is 8.98. The van der Waals surface area contributed by atoms with Gasteiger partial charge in [-0.1, -0.05) is 26.2 Å². The Balaban J connectivity index is 2.51. The van der Waals surface area contributed by atoms with Gasteiger partial charge in [-0.25, -0.2) is 0 Å². The maximum Gasteiger partial charge on any atom is 0.137 e. The largest absolute Gasteiger partial charge is 0.299 e. The predicted octanol–water partition coefficient (Wildman–Crippen LogP) is 5.36. The molecule has 0 N–H and O–H groups in total. The van der Waals surface area contributed by atoms with Gasteiger partial charge < -0.3 is 0 Å². The van der Waals surface area contributed by atoms with Gasteiger partial charge in [0.25, 0.3) is 0 Å². The molecule has 0 heterocycles. The van der Waals surface area contributed by atoms with E-state index in [-0.39, 0.29) is 11.7 Å². The van der Waals surface area contributed by atoms with Crippen LogP contribution in [-0.4, -0.2) is 18.0 Å². The smallest absolute Gasteiger partial charge is 0.137 e. The molecule has 1 unspecified atom stereocenters. The minimum atomic E-state index is -0.0687. The minimum Gasteiger partial charge on any atom is -0.299 e. The maximum atomic E-state index is 12.0. The molecule has 1 aromatic carbocycles. The number of hydrogen-bond donors (Lipinski definition) is 0. The summed E-state index contributed by atoms with van der Waals surface area (Å²) in [5.41, 5.74) is 7.51. The molecular formula is C21H31NO. The van der Waals surface area contributed by atoms with Crippen LogP contribution in [0.2, 0.25) is 0 Å². The van der Waals surface area contributed by atoms with Crippen molar-refractivity contribution < 1.29 is 4.79 Å². The van der Waals surface area contributed by atoms with E-state index in [2.05, 4.69) is 33.9 Å². The van der Waals surface area contributed by atoms with Gasteiger partial charge in [-0.15, -0.1) is 0 Å². The van der Waals surface area contributed by atoms with E-state index in [4.69, 9.17) is 4.99 Å². The second-order valence-corrected chi connectivity index (χ2v) is 7.23. The molecule has 1 saturated carbocycles. The van der Waals surface area contributed by atoms with Crippen LogP contribution in [0.4, 0.5) is 0 Å². The number of nitrogens with zero attached hydrogens (tertiary/aromatic N) is 1. The average Bonchev–Trinajstić information content (AvgIpc) is 2.55. The number of ketones is 1. The fraction of sp³-hybridized carbons (Fsp3) is 0.619. The lowest BCUT2D eigenvalue weighted by Gasteiger charge is -2.23. The summed E-state index contributed by atoms with van der Waals surface area (Å²) in [5.74, 6) is 0.156. The summed E-state index contributed by atoms with van der Waals surface area (Å²) in [6.45, 7) is 12.4. The Morgan fingerprint density at radius 3 is 2.13 bits per heavy atom. The van der Waals surface area contributed by atoms with E-state index in [1.165, 1.54) is 65.5 Å². The van der Waals surface area contributed by atoms with Crippen molar-refractivity contribution in [1.82, 2.24) is 0 Å². The Labute approximate surface area is 141 Å². The van der Waals surface area contributed by atoms with E-state index in [1.807, 2.05) is 6.92 Å². The zero-order valence-corrected chi connectivity index (χ0v) is 15.6. The summed E-state index contributed by atoms with van der Waals surface area (Å²) in [5, 5.41) is 0. The maximum absolute atomic E-state index is 12.0. The minimum absolute atomic E-state index is 0.0687. The van der Waals surface area contributed by atoms with Crippen LogP contribution in [0.1, 0.15) is 85.3 Å². The summed E-state index contributed by atoms with van der Waals surface area (Å²) in [4.78, 5) is 16.9. The zero-order chi connectivity index (χ0) is 17.1. The molecule has 0 bridgehead atoms. The van der Waals surface area contributed by atoms with E-state index in [0.717, 1.165) is 0 Å². The standard InChI is InChI=1S/C21H31NO/c1-13-14(2)16(4)21(17(5)18(6)23)20(15(13)3)12-22-19-10-8-7-9-11-19/h12,17,19H,7-11H2,1-6H3. The Kier molecular flexibility index (Phi) is 5.78.